The highest BCUT2D eigenvalue weighted by atomic mass is 19.4. The van der Waals surface area contributed by atoms with Crippen molar-refractivity contribution in [1.29, 1.82) is 0 Å². The lowest BCUT2D eigenvalue weighted by molar-refractivity contribution is -0.151. The number of hydrogen-bond acceptors (Lipinski definition) is 3. The topological polar surface area (TPSA) is 51.0 Å². The molecule has 0 saturated heterocycles. The molecule has 5 nitrogen and oxygen atoms in total. The van der Waals surface area contributed by atoms with Crippen molar-refractivity contribution in [2.75, 3.05) is 11.4 Å². The van der Waals surface area contributed by atoms with E-state index in [1.807, 2.05) is 13.0 Å². The second kappa shape index (κ2) is 8.33. The number of anilines is 1. The Labute approximate surface area is 150 Å². The van der Waals surface area contributed by atoms with Crippen LogP contribution in [0, 0.1) is 5.92 Å². The van der Waals surface area contributed by atoms with Crippen molar-refractivity contribution in [3.05, 3.63) is 36.4 Å². The summed E-state index contributed by atoms with van der Waals surface area (Å²) in [5.74, 6) is -1.70. The largest absolute Gasteiger partial charge is 0.389 e. The summed E-state index contributed by atoms with van der Waals surface area (Å²) in [4.78, 5) is 18.1. The fourth-order valence-corrected chi connectivity index (χ4v) is 2.81. The van der Waals surface area contributed by atoms with Gasteiger partial charge in [-0.3, -0.25) is 9.78 Å². The number of halogens is 3. The van der Waals surface area contributed by atoms with Gasteiger partial charge in [0.15, 0.2) is 0 Å². The Bertz CT molecular complexity index is 728. The number of hydrogen-bond donors (Lipinski definition) is 0. The Morgan fingerprint density at radius 2 is 2.08 bits per heavy atom. The number of nitrogens with zero attached hydrogens (tertiary/aromatic N) is 4. The highest BCUT2D eigenvalue weighted by Crippen LogP contribution is 2.29. The average molecular weight is 368 g/mol. The molecule has 1 amide bonds. The monoisotopic (exact) mass is 368 g/mol. The minimum Gasteiger partial charge on any atom is -0.309 e. The first-order valence-corrected chi connectivity index (χ1v) is 8.63. The molecular weight excluding hydrogens is 345 g/mol. The minimum atomic E-state index is -4.37. The van der Waals surface area contributed by atoms with Gasteiger partial charge in [0.1, 0.15) is 0 Å². The Morgan fingerprint density at radius 3 is 2.62 bits per heavy atom. The number of aromatic nitrogens is 3. The molecular formula is C18H23F3N4O. The first kappa shape index (κ1) is 19.9. The van der Waals surface area contributed by atoms with Gasteiger partial charge >= 0.3 is 6.18 Å². The van der Waals surface area contributed by atoms with Crippen LogP contribution in [0.25, 0.3) is 5.69 Å². The summed E-state index contributed by atoms with van der Waals surface area (Å²) in [6, 6.07) is 3.59. The van der Waals surface area contributed by atoms with Crippen molar-refractivity contribution in [2.45, 2.75) is 46.2 Å². The summed E-state index contributed by atoms with van der Waals surface area (Å²) < 4.78 is 39.6. The van der Waals surface area contributed by atoms with E-state index in [-0.39, 0.29) is 6.54 Å². The number of rotatable bonds is 7. The lowest BCUT2D eigenvalue weighted by Gasteiger charge is -2.24. The fraction of sp³-hybridized carbons (Fsp3) is 0.500. The van der Waals surface area contributed by atoms with Gasteiger partial charge in [-0.15, -0.1) is 0 Å². The zero-order valence-electron chi connectivity index (χ0n) is 15.1. The third kappa shape index (κ3) is 4.83. The van der Waals surface area contributed by atoms with Crippen LogP contribution in [-0.4, -0.2) is 33.4 Å². The van der Waals surface area contributed by atoms with Gasteiger partial charge in [-0.2, -0.15) is 18.3 Å². The molecule has 26 heavy (non-hydrogen) atoms. The van der Waals surface area contributed by atoms with Crippen LogP contribution in [0.15, 0.2) is 30.7 Å². The fourth-order valence-electron chi connectivity index (χ4n) is 2.81. The van der Waals surface area contributed by atoms with Crippen molar-refractivity contribution in [3.8, 4) is 5.69 Å². The molecule has 8 heteroatoms. The molecule has 0 fully saturated rings. The molecule has 2 rings (SSSR count). The molecule has 142 valence electrons. The first-order valence-electron chi connectivity index (χ1n) is 8.63. The smallest absolute Gasteiger partial charge is 0.309 e. The quantitative estimate of drug-likeness (QED) is 0.737. The van der Waals surface area contributed by atoms with Gasteiger partial charge in [-0.1, -0.05) is 20.3 Å². The molecule has 0 saturated carbocycles. The van der Waals surface area contributed by atoms with E-state index in [9.17, 15) is 18.0 Å². The van der Waals surface area contributed by atoms with Crippen molar-refractivity contribution in [2.24, 2.45) is 5.92 Å². The van der Waals surface area contributed by atoms with Crippen LogP contribution in [0.4, 0.5) is 18.9 Å². The maximum atomic E-state index is 12.7. The van der Waals surface area contributed by atoms with Crippen LogP contribution in [0.1, 0.15) is 39.3 Å². The molecule has 0 N–H and O–H groups in total. The van der Waals surface area contributed by atoms with E-state index in [1.54, 1.807) is 36.3 Å². The van der Waals surface area contributed by atoms with Crippen LogP contribution in [0.2, 0.25) is 0 Å². The number of amides is 1. The normalized spacial score (nSPS) is 12.8. The van der Waals surface area contributed by atoms with Crippen molar-refractivity contribution in [3.63, 3.8) is 0 Å². The molecule has 0 aromatic carbocycles. The van der Waals surface area contributed by atoms with Crippen molar-refractivity contribution < 1.29 is 18.0 Å². The molecule has 0 bridgehead atoms. The summed E-state index contributed by atoms with van der Waals surface area (Å²) in [7, 11) is 0. The van der Waals surface area contributed by atoms with Crippen molar-refractivity contribution in [1.82, 2.24) is 14.8 Å². The number of carbonyl (C=O) groups excluding carboxylic acids is 1. The summed E-state index contributed by atoms with van der Waals surface area (Å²) in [5, 5.41) is 4.52. The molecule has 2 aromatic heterocycles. The Kier molecular flexibility index (Phi) is 6.39. The summed E-state index contributed by atoms with van der Waals surface area (Å²) in [6.45, 7) is 5.31. The van der Waals surface area contributed by atoms with Gasteiger partial charge in [0, 0.05) is 18.7 Å². The lowest BCUT2D eigenvalue weighted by Crippen LogP contribution is -2.37. The predicted octanol–water partition coefficient (Wildman–Crippen LogP) is 4.16. The highest BCUT2D eigenvalue weighted by Gasteiger charge is 2.35. The zero-order chi connectivity index (χ0) is 19.3. The maximum absolute atomic E-state index is 12.7. The summed E-state index contributed by atoms with van der Waals surface area (Å²) in [5.41, 5.74) is 1.96. The summed E-state index contributed by atoms with van der Waals surface area (Å²) in [6.07, 6.45) is 0.881. The van der Waals surface area contributed by atoms with E-state index >= 15 is 0 Å². The number of pyridine rings is 1. The number of aryl methyl sites for hydroxylation is 1. The van der Waals surface area contributed by atoms with Crippen LogP contribution >= 0.6 is 0 Å². The molecule has 2 heterocycles. The molecule has 0 aliphatic rings. The van der Waals surface area contributed by atoms with E-state index in [0.717, 1.165) is 12.1 Å². The van der Waals surface area contributed by atoms with Crippen molar-refractivity contribution >= 4 is 11.6 Å². The van der Waals surface area contributed by atoms with Crippen LogP contribution in [0.3, 0.4) is 0 Å². The minimum absolute atomic E-state index is 0.274. The first-order chi connectivity index (χ1) is 12.3. The highest BCUT2D eigenvalue weighted by molar-refractivity contribution is 5.95. The molecule has 0 radical (unpaired) electrons. The van der Waals surface area contributed by atoms with Crippen LogP contribution < -0.4 is 4.90 Å². The van der Waals surface area contributed by atoms with Gasteiger partial charge < -0.3 is 4.90 Å². The molecule has 0 spiro atoms. The van der Waals surface area contributed by atoms with Gasteiger partial charge in [0.25, 0.3) is 0 Å². The molecule has 0 aliphatic carbocycles. The maximum Gasteiger partial charge on any atom is 0.389 e. The SMILES string of the molecule is CCCc1nn(-c2cccnc2)cc1N(CC)C(=O)C(C)CC(F)(F)F. The zero-order valence-corrected chi connectivity index (χ0v) is 15.1. The Balaban J connectivity index is 2.36. The lowest BCUT2D eigenvalue weighted by atomic mass is 10.1. The second-order valence-electron chi connectivity index (χ2n) is 6.17. The van der Waals surface area contributed by atoms with E-state index < -0.39 is 24.4 Å². The van der Waals surface area contributed by atoms with Gasteiger partial charge in [0.05, 0.1) is 35.9 Å². The Hall–Kier alpha value is -2.38. The molecule has 1 atom stereocenters. The van der Waals surface area contributed by atoms with E-state index in [2.05, 4.69) is 10.1 Å². The number of alkyl halides is 3. The van der Waals surface area contributed by atoms with Crippen LogP contribution in [0.5, 0.6) is 0 Å². The molecule has 0 aliphatic heterocycles. The molecule has 1 unspecified atom stereocenters. The third-order valence-corrected chi connectivity index (χ3v) is 4.00. The van der Waals surface area contributed by atoms with Gasteiger partial charge in [-0.25, -0.2) is 4.68 Å². The van der Waals surface area contributed by atoms with E-state index in [0.29, 0.717) is 17.8 Å². The van der Waals surface area contributed by atoms with Gasteiger partial charge in [-0.05, 0) is 25.5 Å². The average Bonchev–Trinajstić information content (AvgIpc) is 2.99. The second-order valence-corrected chi connectivity index (χ2v) is 6.17. The third-order valence-electron chi connectivity index (χ3n) is 4.00. The predicted molar refractivity (Wildman–Crippen MR) is 93.2 cm³/mol. The molecule has 2 aromatic rings. The van der Waals surface area contributed by atoms with Crippen LogP contribution in [-0.2, 0) is 11.2 Å². The summed E-state index contributed by atoms with van der Waals surface area (Å²) >= 11 is 0. The number of carbonyl (C=O) groups is 1. The Morgan fingerprint density at radius 1 is 1.35 bits per heavy atom. The van der Waals surface area contributed by atoms with E-state index in [4.69, 9.17) is 0 Å². The van der Waals surface area contributed by atoms with E-state index in [1.165, 1.54) is 11.8 Å². The van der Waals surface area contributed by atoms with Gasteiger partial charge in [0.2, 0.25) is 5.91 Å². The standard InChI is InChI=1S/C18H23F3N4O/c1-4-7-15-16(12-25(23-15)14-8-6-9-22-11-14)24(5-2)17(26)13(3)10-18(19,20)21/h6,8-9,11-13H,4-5,7,10H2,1-3H3.